The van der Waals surface area contributed by atoms with Crippen LogP contribution < -0.4 is 5.32 Å². The van der Waals surface area contributed by atoms with Crippen molar-refractivity contribution in [3.63, 3.8) is 0 Å². The smallest absolute Gasteiger partial charge is 0.381 e. The molecule has 3 unspecified atom stereocenters. The van der Waals surface area contributed by atoms with Gasteiger partial charge in [0.05, 0.1) is 12.5 Å². The van der Waals surface area contributed by atoms with Crippen molar-refractivity contribution in [1.82, 2.24) is 5.32 Å². The van der Waals surface area contributed by atoms with E-state index in [9.17, 15) is 13.2 Å². The zero-order chi connectivity index (χ0) is 10.9. The van der Waals surface area contributed by atoms with Crippen molar-refractivity contribution < 1.29 is 17.9 Å². The summed E-state index contributed by atoms with van der Waals surface area (Å²) in [7, 11) is 0. The Bertz CT molecular complexity index is 213. The zero-order valence-corrected chi connectivity index (χ0v) is 8.52. The molecule has 2 fully saturated rings. The Hall–Kier alpha value is -0.290. The van der Waals surface area contributed by atoms with Gasteiger partial charge in [-0.15, -0.1) is 0 Å². The summed E-state index contributed by atoms with van der Waals surface area (Å²) in [6.45, 7) is 1.78. The van der Waals surface area contributed by atoms with Gasteiger partial charge in [-0.3, -0.25) is 0 Å². The molecule has 2 saturated heterocycles. The number of hydrogen-bond donors (Lipinski definition) is 1. The average Bonchev–Trinajstić information content (AvgIpc) is 2.69. The molecule has 88 valence electrons. The van der Waals surface area contributed by atoms with Crippen molar-refractivity contribution >= 4 is 0 Å². The van der Waals surface area contributed by atoms with Gasteiger partial charge in [0, 0.05) is 18.6 Å². The maximum absolute atomic E-state index is 12.8. The van der Waals surface area contributed by atoms with Gasteiger partial charge >= 0.3 is 6.18 Å². The predicted molar refractivity (Wildman–Crippen MR) is 49.5 cm³/mol. The van der Waals surface area contributed by atoms with E-state index in [-0.39, 0.29) is 12.3 Å². The number of rotatable bonds is 1. The van der Waals surface area contributed by atoms with Crippen molar-refractivity contribution in [2.75, 3.05) is 19.8 Å². The average molecular weight is 223 g/mol. The molecule has 0 bridgehead atoms. The summed E-state index contributed by atoms with van der Waals surface area (Å²) in [6.07, 6.45) is -2.43. The second kappa shape index (κ2) is 4.29. The first kappa shape index (κ1) is 11.2. The molecule has 2 aliphatic rings. The fourth-order valence-corrected chi connectivity index (χ4v) is 2.61. The third kappa shape index (κ3) is 2.45. The Morgan fingerprint density at radius 1 is 1.20 bits per heavy atom. The summed E-state index contributed by atoms with van der Waals surface area (Å²) in [6, 6.07) is -0.429. The van der Waals surface area contributed by atoms with E-state index in [2.05, 4.69) is 5.32 Å². The van der Waals surface area contributed by atoms with Crippen molar-refractivity contribution in [2.45, 2.75) is 31.5 Å². The summed E-state index contributed by atoms with van der Waals surface area (Å²) in [4.78, 5) is 0. The molecule has 2 aliphatic heterocycles. The second-order valence-corrected chi connectivity index (χ2v) is 4.39. The molecule has 0 amide bonds. The van der Waals surface area contributed by atoms with E-state index < -0.39 is 18.1 Å². The van der Waals surface area contributed by atoms with Crippen LogP contribution in [0.5, 0.6) is 0 Å². The first-order valence-electron chi connectivity index (χ1n) is 5.47. The highest BCUT2D eigenvalue weighted by molar-refractivity contribution is 4.91. The largest absolute Gasteiger partial charge is 0.393 e. The van der Waals surface area contributed by atoms with Crippen LogP contribution in [0.15, 0.2) is 0 Å². The minimum absolute atomic E-state index is 0.0388. The van der Waals surface area contributed by atoms with E-state index in [1.807, 2.05) is 0 Å². The molecular formula is C10H16F3NO. The van der Waals surface area contributed by atoms with Crippen molar-refractivity contribution in [3.05, 3.63) is 0 Å². The van der Waals surface area contributed by atoms with E-state index in [4.69, 9.17) is 4.74 Å². The van der Waals surface area contributed by atoms with Gasteiger partial charge in [-0.1, -0.05) is 0 Å². The van der Waals surface area contributed by atoms with E-state index in [1.54, 1.807) is 0 Å². The molecule has 3 atom stereocenters. The highest BCUT2D eigenvalue weighted by atomic mass is 19.4. The Morgan fingerprint density at radius 3 is 2.60 bits per heavy atom. The molecule has 0 aliphatic carbocycles. The van der Waals surface area contributed by atoms with Crippen LogP contribution in [0.1, 0.15) is 19.3 Å². The van der Waals surface area contributed by atoms with Gasteiger partial charge in [0.25, 0.3) is 0 Å². The van der Waals surface area contributed by atoms with E-state index >= 15 is 0 Å². The number of alkyl halides is 3. The molecule has 2 heterocycles. The van der Waals surface area contributed by atoms with Gasteiger partial charge in [0.15, 0.2) is 0 Å². The molecule has 0 aromatic rings. The second-order valence-electron chi connectivity index (χ2n) is 4.39. The number of halogens is 3. The van der Waals surface area contributed by atoms with E-state index in [0.717, 1.165) is 6.42 Å². The molecule has 0 aromatic heterocycles. The third-order valence-electron chi connectivity index (χ3n) is 3.40. The van der Waals surface area contributed by atoms with Crippen LogP contribution in [-0.4, -0.2) is 32.0 Å². The summed E-state index contributed by atoms with van der Waals surface area (Å²) in [5, 5.41) is 3.02. The van der Waals surface area contributed by atoms with Crippen LogP contribution in [0.2, 0.25) is 0 Å². The minimum Gasteiger partial charge on any atom is -0.381 e. The molecule has 2 nitrogen and oxygen atoms in total. The summed E-state index contributed by atoms with van der Waals surface area (Å²) in [5.74, 6) is -1.14. The molecule has 5 heteroatoms. The lowest BCUT2D eigenvalue weighted by Crippen LogP contribution is -2.51. The zero-order valence-electron chi connectivity index (χ0n) is 8.52. The predicted octanol–water partition coefficient (Wildman–Crippen LogP) is 1.95. The van der Waals surface area contributed by atoms with Gasteiger partial charge < -0.3 is 10.1 Å². The Morgan fingerprint density at radius 2 is 2.00 bits per heavy atom. The van der Waals surface area contributed by atoms with E-state index in [0.29, 0.717) is 26.2 Å². The van der Waals surface area contributed by atoms with Gasteiger partial charge in [-0.2, -0.15) is 13.2 Å². The fourth-order valence-electron chi connectivity index (χ4n) is 2.61. The lowest BCUT2D eigenvalue weighted by atomic mass is 9.82. The molecule has 1 N–H and O–H groups in total. The molecule has 2 rings (SSSR count). The van der Waals surface area contributed by atoms with Crippen LogP contribution >= 0.6 is 0 Å². The van der Waals surface area contributed by atoms with Crippen molar-refractivity contribution in [2.24, 2.45) is 11.8 Å². The van der Waals surface area contributed by atoms with Gasteiger partial charge in [0.1, 0.15) is 0 Å². The molecular weight excluding hydrogens is 207 g/mol. The quantitative estimate of drug-likeness (QED) is 0.733. The van der Waals surface area contributed by atoms with Gasteiger partial charge in [-0.05, 0) is 25.8 Å². The monoisotopic (exact) mass is 223 g/mol. The first-order valence-corrected chi connectivity index (χ1v) is 5.47. The van der Waals surface area contributed by atoms with Gasteiger partial charge in [-0.25, -0.2) is 0 Å². The lowest BCUT2D eigenvalue weighted by molar-refractivity contribution is -0.192. The highest BCUT2D eigenvalue weighted by Gasteiger charge is 2.48. The highest BCUT2D eigenvalue weighted by Crippen LogP contribution is 2.38. The number of hydrogen-bond acceptors (Lipinski definition) is 2. The fraction of sp³-hybridized carbons (Fsp3) is 1.00. The molecule has 0 spiro atoms. The number of piperidine rings is 1. The maximum atomic E-state index is 12.8. The molecule has 0 saturated carbocycles. The Labute approximate surface area is 87.2 Å². The SMILES string of the molecule is FC(F)(F)C1CCCNC1C1CCOC1. The molecule has 0 radical (unpaired) electrons. The van der Waals surface area contributed by atoms with Crippen LogP contribution in [-0.2, 0) is 4.74 Å². The maximum Gasteiger partial charge on any atom is 0.393 e. The van der Waals surface area contributed by atoms with Crippen LogP contribution in [0.25, 0.3) is 0 Å². The van der Waals surface area contributed by atoms with Crippen LogP contribution in [0, 0.1) is 11.8 Å². The van der Waals surface area contributed by atoms with Crippen LogP contribution in [0.4, 0.5) is 13.2 Å². The number of ether oxygens (including phenoxy) is 1. The molecule has 15 heavy (non-hydrogen) atoms. The van der Waals surface area contributed by atoms with Gasteiger partial charge in [0.2, 0.25) is 0 Å². The Kier molecular flexibility index (Phi) is 3.21. The normalized spacial score (nSPS) is 38.2. The summed E-state index contributed by atoms with van der Waals surface area (Å²) >= 11 is 0. The van der Waals surface area contributed by atoms with E-state index in [1.165, 1.54) is 0 Å². The van der Waals surface area contributed by atoms with Crippen LogP contribution in [0.3, 0.4) is 0 Å². The van der Waals surface area contributed by atoms with Crippen molar-refractivity contribution in [3.8, 4) is 0 Å². The summed E-state index contributed by atoms with van der Waals surface area (Å²) < 4.78 is 43.5. The lowest BCUT2D eigenvalue weighted by Gasteiger charge is -2.37. The third-order valence-corrected chi connectivity index (χ3v) is 3.40. The topological polar surface area (TPSA) is 21.3 Å². The van der Waals surface area contributed by atoms with Crippen molar-refractivity contribution in [1.29, 1.82) is 0 Å². The Balaban J connectivity index is 2.05. The summed E-state index contributed by atoms with van der Waals surface area (Å²) in [5.41, 5.74) is 0. The minimum atomic E-state index is -4.07. The molecule has 0 aromatic carbocycles. The first-order chi connectivity index (χ1) is 7.09. The standard InChI is InChI=1S/C10H16F3NO/c11-10(12,13)8-2-1-4-14-9(8)7-3-5-15-6-7/h7-9,14H,1-6H2. The number of nitrogens with one attached hydrogen (secondary N) is 1.